The van der Waals surface area contributed by atoms with E-state index in [2.05, 4.69) is 4.72 Å². The van der Waals surface area contributed by atoms with Gasteiger partial charge in [0, 0.05) is 13.2 Å². The van der Waals surface area contributed by atoms with Crippen LogP contribution in [-0.2, 0) is 21.4 Å². The molecule has 1 aromatic carbocycles. The standard InChI is InChI=1S/C12H17NO4S/c1-17-11-6-10(7-11)13-18(15,16)12-5-3-2-4-9(12)8-14/h2-5,10-11,13-14H,6-8H2,1H3. The Morgan fingerprint density at radius 2 is 2.06 bits per heavy atom. The van der Waals surface area contributed by atoms with Crippen LogP contribution in [0.5, 0.6) is 0 Å². The molecule has 0 saturated heterocycles. The molecule has 1 saturated carbocycles. The van der Waals surface area contributed by atoms with Gasteiger partial charge in [-0.3, -0.25) is 0 Å². The van der Waals surface area contributed by atoms with Gasteiger partial charge in [-0.25, -0.2) is 13.1 Å². The number of hydrogen-bond acceptors (Lipinski definition) is 4. The summed E-state index contributed by atoms with van der Waals surface area (Å²) in [4.78, 5) is 0.147. The summed E-state index contributed by atoms with van der Waals surface area (Å²) in [5.74, 6) is 0. The Labute approximate surface area is 107 Å². The maximum Gasteiger partial charge on any atom is 0.241 e. The van der Waals surface area contributed by atoms with Crippen LogP contribution in [0.1, 0.15) is 18.4 Å². The van der Waals surface area contributed by atoms with Crippen molar-refractivity contribution in [1.29, 1.82) is 0 Å². The first-order valence-electron chi connectivity index (χ1n) is 5.80. The van der Waals surface area contributed by atoms with Crippen LogP contribution >= 0.6 is 0 Å². The number of nitrogens with one attached hydrogen (secondary N) is 1. The van der Waals surface area contributed by atoms with Crippen LogP contribution in [0, 0.1) is 0 Å². The van der Waals surface area contributed by atoms with E-state index in [9.17, 15) is 8.42 Å². The number of sulfonamides is 1. The Bertz CT molecular complexity index is 509. The fourth-order valence-corrected chi connectivity index (χ4v) is 3.53. The molecule has 2 N–H and O–H groups in total. The normalized spacial score (nSPS) is 23.7. The average molecular weight is 271 g/mol. The summed E-state index contributed by atoms with van der Waals surface area (Å²) in [5, 5.41) is 9.15. The molecule has 18 heavy (non-hydrogen) atoms. The first-order valence-corrected chi connectivity index (χ1v) is 7.29. The van der Waals surface area contributed by atoms with Gasteiger partial charge in [-0.15, -0.1) is 0 Å². The molecule has 100 valence electrons. The predicted octanol–water partition coefficient (Wildman–Crippen LogP) is 0.635. The highest BCUT2D eigenvalue weighted by molar-refractivity contribution is 7.89. The maximum atomic E-state index is 12.1. The van der Waals surface area contributed by atoms with Gasteiger partial charge in [-0.05, 0) is 24.5 Å². The van der Waals surface area contributed by atoms with Crippen molar-refractivity contribution in [2.45, 2.75) is 36.5 Å². The molecule has 0 aliphatic heterocycles. The third-order valence-corrected chi connectivity index (χ3v) is 4.80. The summed E-state index contributed by atoms with van der Waals surface area (Å²) < 4.78 is 32.0. The predicted molar refractivity (Wildman–Crippen MR) is 66.5 cm³/mol. The molecular formula is C12H17NO4S. The lowest BCUT2D eigenvalue weighted by molar-refractivity contribution is 0.0236. The lowest BCUT2D eigenvalue weighted by Crippen LogP contribution is -2.47. The van der Waals surface area contributed by atoms with Crippen molar-refractivity contribution in [2.75, 3.05) is 7.11 Å². The van der Waals surface area contributed by atoms with Crippen molar-refractivity contribution < 1.29 is 18.3 Å². The number of aliphatic hydroxyl groups is 1. The second-order valence-electron chi connectivity index (χ2n) is 4.41. The molecule has 0 amide bonds. The minimum atomic E-state index is -3.56. The topological polar surface area (TPSA) is 75.6 Å². The van der Waals surface area contributed by atoms with Gasteiger partial charge in [0.1, 0.15) is 0 Å². The first kappa shape index (κ1) is 13.5. The Kier molecular flexibility index (Phi) is 4.01. The van der Waals surface area contributed by atoms with Crippen molar-refractivity contribution in [3.05, 3.63) is 29.8 Å². The Balaban J connectivity index is 2.11. The molecule has 1 aromatic rings. The highest BCUT2D eigenvalue weighted by Gasteiger charge is 2.33. The van der Waals surface area contributed by atoms with Gasteiger partial charge in [-0.2, -0.15) is 0 Å². The monoisotopic (exact) mass is 271 g/mol. The van der Waals surface area contributed by atoms with Crippen LogP contribution in [0.25, 0.3) is 0 Å². The van der Waals surface area contributed by atoms with Gasteiger partial charge in [0.25, 0.3) is 0 Å². The Hall–Kier alpha value is -0.950. The van der Waals surface area contributed by atoms with Crippen LogP contribution in [0.4, 0.5) is 0 Å². The van der Waals surface area contributed by atoms with Gasteiger partial charge in [-0.1, -0.05) is 18.2 Å². The van der Waals surface area contributed by atoms with Crippen LogP contribution in [0.15, 0.2) is 29.2 Å². The van der Waals surface area contributed by atoms with E-state index in [1.807, 2.05) is 0 Å². The number of benzene rings is 1. The molecule has 0 atom stereocenters. The van der Waals surface area contributed by atoms with E-state index in [1.54, 1.807) is 25.3 Å². The molecule has 5 nitrogen and oxygen atoms in total. The van der Waals surface area contributed by atoms with Gasteiger partial charge < -0.3 is 9.84 Å². The number of rotatable bonds is 5. The van der Waals surface area contributed by atoms with E-state index in [-0.39, 0.29) is 23.6 Å². The van der Waals surface area contributed by atoms with Crippen LogP contribution in [-0.4, -0.2) is 32.8 Å². The average Bonchev–Trinajstić information content (AvgIpc) is 2.33. The van der Waals surface area contributed by atoms with Crippen LogP contribution in [0.2, 0.25) is 0 Å². The minimum Gasteiger partial charge on any atom is -0.392 e. The zero-order valence-corrected chi connectivity index (χ0v) is 11.0. The first-order chi connectivity index (χ1) is 8.56. The number of ether oxygens (including phenoxy) is 1. The van der Waals surface area contributed by atoms with Crippen molar-refractivity contribution in [1.82, 2.24) is 4.72 Å². The minimum absolute atomic E-state index is 0.0771. The fraction of sp³-hybridized carbons (Fsp3) is 0.500. The van der Waals surface area contributed by atoms with E-state index in [0.29, 0.717) is 18.4 Å². The molecule has 0 spiro atoms. The maximum absolute atomic E-state index is 12.1. The summed E-state index contributed by atoms with van der Waals surface area (Å²) in [5.41, 5.74) is 0.410. The second kappa shape index (κ2) is 5.36. The number of hydrogen-bond donors (Lipinski definition) is 2. The largest absolute Gasteiger partial charge is 0.392 e. The van der Waals surface area contributed by atoms with E-state index < -0.39 is 10.0 Å². The van der Waals surface area contributed by atoms with Gasteiger partial charge in [0.2, 0.25) is 10.0 Å². The van der Waals surface area contributed by atoms with Crippen LogP contribution in [0.3, 0.4) is 0 Å². The van der Waals surface area contributed by atoms with Crippen molar-refractivity contribution >= 4 is 10.0 Å². The zero-order chi connectivity index (χ0) is 13.2. The van der Waals surface area contributed by atoms with Crippen LogP contribution < -0.4 is 4.72 Å². The molecule has 2 rings (SSSR count). The smallest absolute Gasteiger partial charge is 0.241 e. The lowest BCUT2D eigenvalue weighted by atomic mass is 9.90. The van der Waals surface area contributed by atoms with Crippen molar-refractivity contribution in [3.8, 4) is 0 Å². The fourth-order valence-electron chi connectivity index (χ4n) is 2.03. The summed E-state index contributed by atoms with van der Waals surface area (Å²) in [6.45, 7) is -0.289. The Morgan fingerprint density at radius 3 is 2.67 bits per heavy atom. The van der Waals surface area contributed by atoms with Crippen molar-refractivity contribution in [2.24, 2.45) is 0 Å². The summed E-state index contributed by atoms with van der Waals surface area (Å²) >= 11 is 0. The summed E-state index contributed by atoms with van der Waals surface area (Å²) in [7, 11) is -1.94. The molecule has 0 bridgehead atoms. The molecular weight excluding hydrogens is 254 g/mol. The molecule has 0 heterocycles. The number of methoxy groups -OCH3 is 1. The highest BCUT2D eigenvalue weighted by Crippen LogP contribution is 2.25. The van der Waals surface area contributed by atoms with Gasteiger partial charge >= 0.3 is 0 Å². The van der Waals surface area contributed by atoms with Gasteiger partial charge in [0.05, 0.1) is 17.6 Å². The molecule has 0 aromatic heterocycles. The quantitative estimate of drug-likeness (QED) is 0.824. The van der Waals surface area contributed by atoms with E-state index in [1.165, 1.54) is 6.07 Å². The van der Waals surface area contributed by atoms with E-state index >= 15 is 0 Å². The highest BCUT2D eigenvalue weighted by atomic mass is 32.2. The second-order valence-corrected chi connectivity index (χ2v) is 6.10. The van der Waals surface area contributed by atoms with E-state index in [4.69, 9.17) is 9.84 Å². The van der Waals surface area contributed by atoms with Gasteiger partial charge in [0.15, 0.2) is 0 Å². The third-order valence-electron chi connectivity index (χ3n) is 3.18. The molecule has 1 aliphatic rings. The molecule has 0 radical (unpaired) electrons. The number of aliphatic hydroxyl groups excluding tert-OH is 1. The molecule has 0 unspecified atom stereocenters. The van der Waals surface area contributed by atoms with E-state index in [0.717, 1.165) is 0 Å². The lowest BCUT2D eigenvalue weighted by Gasteiger charge is -2.34. The molecule has 1 aliphatic carbocycles. The molecule has 6 heteroatoms. The summed E-state index contributed by atoms with van der Waals surface area (Å²) in [6.07, 6.45) is 1.53. The Morgan fingerprint density at radius 1 is 1.39 bits per heavy atom. The summed E-state index contributed by atoms with van der Waals surface area (Å²) in [6, 6.07) is 6.38. The zero-order valence-electron chi connectivity index (χ0n) is 10.2. The third kappa shape index (κ3) is 2.72. The SMILES string of the molecule is COC1CC(NS(=O)(=O)c2ccccc2CO)C1. The molecule has 1 fully saturated rings. The van der Waals surface area contributed by atoms with Crippen molar-refractivity contribution in [3.63, 3.8) is 0 Å².